The van der Waals surface area contributed by atoms with Crippen molar-refractivity contribution in [3.8, 4) is 5.75 Å². The van der Waals surface area contributed by atoms with Crippen LogP contribution in [0.1, 0.15) is 26.2 Å². The summed E-state index contributed by atoms with van der Waals surface area (Å²) in [5, 5.41) is 10.1. The Hall–Kier alpha value is -2.08. The highest BCUT2D eigenvalue weighted by Crippen LogP contribution is 2.21. The monoisotopic (exact) mass is 426 g/mol. The van der Waals surface area contributed by atoms with Crippen LogP contribution in [0, 0.1) is 0 Å². The molecule has 1 amide bonds. The molecule has 1 aliphatic heterocycles. The molecule has 0 unspecified atom stereocenters. The summed E-state index contributed by atoms with van der Waals surface area (Å²) in [6, 6.07) is 8.98. The van der Waals surface area contributed by atoms with E-state index in [0.717, 1.165) is 24.2 Å². The Labute approximate surface area is 167 Å². The number of carbonyl (C=O) groups excluding carboxylic acids is 1. The average Bonchev–Trinajstić information content (AvgIpc) is 3.37. The van der Waals surface area contributed by atoms with Crippen molar-refractivity contribution in [3.05, 3.63) is 30.3 Å². The first-order valence-electron chi connectivity index (χ1n) is 8.95. The van der Waals surface area contributed by atoms with Gasteiger partial charge in [0.05, 0.1) is 6.10 Å². The number of aromatic nitrogens is 2. The van der Waals surface area contributed by atoms with E-state index < -0.39 is 22.0 Å². The minimum absolute atomic E-state index is 0.0950. The Morgan fingerprint density at radius 2 is 2.14 bits per heavy atom. The molecule has 1 saturated heterocycles. The van der Waals surface area contributed by atoms with Crippen LogP contribution in [-0.2, 0) is 19.6 Å². The number of rotatable bonds is 9. The van der Waals surface area contributed by atoms with Gasteiger partial charge in [-0.3, -0.25) is 10.1 Å². The van der Waals surface area contributed by atoms with E-state index in [4.69, 9.17) is 9.47 Å². The Bertz CT molecular complexity index is 882. The number of benzene rings is 1. The van der Waals surface area contributed by atoms with Crippen molar-refractivity contribution >= 4 is 32.4 Å². The van der Waals surface area contributed by atoms with Crippen LogP contribution in [-0.4, -0.2) is 49.9 Å². The van der Waals surface area contributed by atoms with Crippen molar-refractivity contribution in [2.45, 2.75) is 42.7 Å². The minimum atomic E-state index is -3.80. The molecule has 0 saturated carbocycles. The van der Waals surface area contributed by atoms with Crippen molar-refractivity contribution < 1.29 is 22.7 Å². The Morgan fingerprint density at radius 1 is 1.36 bits per heavy atom. The molecule has 1 aliphatic rings. The maximum Gasteiger partial charge on any atom is 0.269 e. The normalized spacial score (nSPS) is 18.0. The second-order valence-corrected chi connectivity index (χ2v) is 9.10. The summed E-state index contributed by atoms with van der Waals surface area (Å²) in [5.41, 5.74) is 0. The van der Waals surface area contributed by atoms with Crippen molar-refractivity contribution in [2.75, 3.05) is 18.5 Å². The van der Waals surface area contributed by atoms with Gasteiger partial charge in [0.1, 0.15) is 5.75 Å². The molecule has 2 heterocycles. The van der Waals surface area contributed by atoms with Gasteiger partial charge in [0.25, 0.3) is 15.9 Å². The molecule has 2 aromatic rings. The van der Waals surface area contributed by atoms with E-state index in [1.54, 1.807) is 12.1 Å². The van der Waals surface area contributed by atoms with Gasteiger partial charge in [0, 0.05) is 13.2 Å². The van der Waals surface area contributed by atoms with Gasteiger partial charge in [0.15, 0.2) is 6.10 Å². The molecule has 2 atom stereocenters. The van der Waals surface area contributed by atoms with E-state index in [-0.39, 0.29) is 22.1 Å². The zero-order valence-electron chi connectivity index (χ0n) is 15.3. The third-order valence-electron chi connectivity index (χ3n) is 4.08. The largest absolute Gasteiger partial charge is 0.481 e. The van der Waals surface area contributed by atoms with E-state index in [1.807, 2.05) is 25.1 Å². The number of nitrogens with zero attached hydrogens (tertiary/aromatic N) is 2. The number of ether oxygens (including phenoxy) is 2. The zero-order chi connectivity index (χ0) is 20.0. The second-order valence-electron chi connectivity index (χ2n) is 6.18. The fourth-order valence-electron chi connectivity index (χ4n) is 2.61. The van der Waals surface area contributed by atoms with Crippen LogP contribution in [0.4, 0.5) is 5.13 Å². The topological polar surface area (TPSA) is 120 Å². The number of amides is 1. The van der Waals surface area contributed by atoms with Gasteiger partial charge in [0.2, 0.25) is 9.47 Å². The standard InChI is InChI=1S/C17H22N4O5S2/c1-2-14(26-12-7-4-3-5-8-12)15(22)19-16-20-21-17(27-16)28(23,24)18-11-13-9-6-10-25-13/h3-5,7-8,13-14,18H,2,6,9-11H2,1H3,(H,19,20,22)/t13-,14+/m1/s1. The van der Waals surface area contributed by atoms with Gasteiger partial charge in [-0.1, -0.05) is 36.5 Å². The van der Waals surface area contributed by atoms with Crippen molar-refractivity contribution in [1.29, 1.82) is 0 Å². The summed E-state index contributed by atoms with van der Waals surface area (Å²) in [5.74, 6) is 0.155. The summed E-state index contributed by atoms with van der Waals surface area (Å²) < 4.78 is 38.0. The Morgan fingerprint density at radius 3 is 2.82 bits per heavy atom. The molecular weight excluding hydrogens is 404 g/mol. The molecule has 11 heteroatoms. The van der Waals surface area contributed by atoms with Crippen molar-refractivity contribution in [2.24, 2.45) is 0 Å². The molecule has 2 N–H and O–H groups in total. The van der Waals surface area contributed by atoms with Crippen molar-refractivity contribution in [3.63, 3.8) is 0 Å². The maximum atomic E-state index is 12.4. The minimum Gasteiger partial charge on any atom is -0.481 e. The highest BCUT2D eigenvalue weighted by Gasteiger charge is 2.25. The second kappa shape index (κ2) is 9.41. The van der Waals surface area contributed by atoms with E-state index in [0.29, 0.717) is 18.8 Å². The first-order valence-corrected chi connectivity index (χ1v) is 11.2. The molecule has 9 nitrogen and oxygen atoms in total. The predicted molar refractivity (Wildman–Crippen MR) is 104 cm³/mol. The highest BCUT2D eigenvalue weighted by molar-refractivity contribution is 7.91. The fourth-order valence-corrected chi connectivity index (χ4v) is 4.62. The van der Waals surface area contributed by atoms with Gasteiger partial charge in [-0.05, 0) is 31.4 Å². The number of anilines is 1. The van der Waals surface area contributed by atoms with E-state index >= 15 is 0 Å². The lowest BCUT2D eigenvalue weighted by Gasteiger charge is -2.16. The number of hydrogen-bond donors (Lipinski definition) is 2. The molecule has 1 aromatic carbocycles. The van der Waals surface area contributed by atoms with Gasteiger partial charge in [-0.15, -0.1) is 10.2 Å². The maximum absolute atomic E-state index is 12.4. The lowest BCUT2D eigenvalue weighted by atomic mass is 10.2. The molecule has 1 fully saturated rings. The number of para-hydroxylation sites is 1. The van der Waals surface area contributed by atoms with Crippen LogP contribution in [0.2, 0.25) is 0 Å². The van der Waals surface area contributed by atoms with Gasteiger partial charge < -0.3 is 9.47 Å². The molecule has 152 valence electrons. The lowest BCUT2D eigenvalue weighted by molar-refractivity contribution is -0.122. The highest BCUT2D eigenvalue weighted by atomic mass is 32.2. The smallest absolute Gasteiger partial charge is 0.269 e. The molecule has 28 heavy (non-hydrogen) atoms. The molecule has 1 aromatic heterocycles. The van der Waals surface area contributed by atoms with E-state index in [2.05, 4.69) is 20.2 Å². The summed E-state index contributed by atoms with van der Waals surface area (Å²) in [6.07, 6.45) is 1.32. The molecule has 3 rings (SSSR count). The van der Waals surface area contributed by atoms with E-state index in [1.165, 1.54) is 0 Å². The molecule has 0 radical (unpaired) electrons. The molecule has 0 bridgehead atoms. The predicted octanol–water partition coefficient (Wildman–Crippen LogP) is 1.79. The third kappa shape index (κ3) is 5.47. The zero-order valence-corrected chi connectivity index (χ0v) is 17.0. The summed E-state index contributed by atoms with van der Waals surface area (Å²) >= 11 is 0.784. The van der Waals surface area contributed by atoms with Crippen LogP contribution >= 0.6 is 11.3 Å². The molecule has 0 spiro atoms. The third-order valence-corrected chi connectivity index (χ3v) is 6.71. The van der Waals surface area contributed by atoms with Crippen LogP contribution < -0.4 is 14.8 Å². The Balaban J connectivity index is 1.58. The number of hydrogen-bond acceptors (Lipinski definition) is 8. The first kappa shape index (κ1) is 20.6. The summed E-state index contributed by atoms with van der Waals surface area (Å²) in [4.78, 5) is 12.4. The van der Waals surface area contributed by atoms with Crippen molar-refractivity contribution in [1.82, 2.24) is 14.9 Å². The van der Waals surface area contributed by atoms with Crippen LogP contribution in [0.3, 0.4) is 0 Å². The van der Waals surface area contributed by atoms with E-state index in [9.17, 15) is 13.2 Å². The number of nitrogens with one attached hydrogen (secondary N) is 2. The quantitative estimate of drug-likeness (QED) is 0.587. The SMILES string of the molecule is CC[C@H](Oc1ccccc1)C(=O)Nc1nnc(S(=O)(=O)NC[C@H]2CCCO2)s1. The van der Waals surface area contributed by atoms with Crippen LogP contribution in [0.15, 0.2) is 34.7 Å². The van der Waals surface area contributed by atoms with Crippen LogP contribution in [0.5, 0.6) is 5.75 Å². The van der Waals surface area contributed by atoms with Gasteiger partial charge in [-0.25, -0.2) is 13.1 Å². The number of carbonyl (C=O) groups is 1. The summed E-state index contributed by atoms with van der Waals surface area (Å²) in [7, 11) is -3.80. The van der Waals surface area contributed by atoms with Crippen LogP contribution in [0.25, 0.3) is 0 Å². The lowest BCUT2D eigenvalue weighted by Crippen LogP contribution is -2.32. The average molecular weight is 427 g/mol. The number of sulfonamides is 1. The van der Waals surface area contributed by atoms with Gasteiger partial charge >= 0.3 is 0 Å². The summed E-state index contributed by atoms with van der Waals surface area (Å²) in [6.45, 7) is 2.65. The first-order chi connectivity index (χ1) is 13.5. The Kier molecular flexibility index (Phi) is 6.94. The fraction of sp³-hybridized carbons (Fsp3) is 0.471. The molecular formula is C17H22N4O5S2. The van der Waals surface area contributed by atoms with Gasteiger partial charge in [-0.2, -0.15) is 0 Å². The molecule has 0 aliphatic carbocycles.